The minimum atomic E-state index is 0.117. The summed E-state index contributed by atoms with van der Waals surface area (Å²) in [5, 5.41) is 0. The lowest BCUT2D eigenvalue weighted by atomic mass is 10.0. The molecule has 0 aliphatic heterocycles. The summed E-state index contributed by atoms with van der Waals surface area (Å²) >= 11 is 0. The molecule has 0 fully saturated rings. The quantitative estimate of drug-likeness (QED) is 0.692. The van der Waals surface area contributed by atoms with Crippen molar-refractivity contribution in [2.45, 2.75) is 33.1 Å². The van der Waals surface area contributed by atoms with Gasteiger partial charge >= 0.3 is 0 Å². The third-order valence-electron chi connectivity index (χ3n) is 2.89. The van der Waals surface area contributed by atoms with Crippen LogP contribution in [0.15, 0.2) is 18.2 Å². The van der Waals surface area contributed by atoms with Gasteiger partial charge in [0.15, 0.2) is 5.78 Å². The number of rotatable bonds is 7. The number of hydrogen-bond acceptors (Lipinski definition) is 3. The lowest BCUT2D eigenvalue weighted by molar-refractivity contribution is 0.0975. The van der Waals surface area contributed by atoms with E-state index in [0.717, 1.165) is 12.8 Å². The van der Waals surface area contributed by atoms with Gasteiger partial charge in [-0.2, -0.15) is 0 Å². The van der Waals surface area contributed by atoms with E-state index in [9.17, 15) is 4.79 Å². The summed E-state index contributed by atoms with van der Waals surface area (Å²) in [6.07, 6.45) is 2.54. The molecule has 0 radical (unpaired) electrons. The number of Topliss-reactive ketones (excluding diaryl/α,β-unsaturated/α-hetero) is 1. The van der Waals surface area contributed by atoms with Crippen molar-refractivity contribution in [3.8, 4) is 11.5 Å². The van der Waals surface area contributed by atoms with Crippen LogP contribution in [0.5, 0.6) is 11.5 Å². The zero-order valence-corrected chi connectivity index (χ0v) is 11.7. The van der Waals surface area contributed by atoms with Gasteiger partial charge in [0.05, 0.1) is 19.8 Å². The first-order valence-electron chi connectivity index (χ1n) is 6.33. The maximum Gasteiger partial charge on any atom is 0.166 e. The summed E-state index contributed by atoms with van der Waals surface area (Å²) in [5.41, 5.74) is 0.612. The molecule has 0 aliphatic rings. The van der Waals surface area contributed by atoms with Crippen molar-refractivity contribution in [3.05, 3.63) is 23.8 Å². The highest BCUT2D eigenvalue weighted by atomic mass is 16.5. The van der Waals surface area contributed by atoms with Crippen molar-refractivity contribution in [1.82, 2.24) is 0 Å². The van der Waals surface area contributed by atoms with Crippen LogP contribution in [0.3, 0.4) is 0 Å². The normalized spacial score (nSPS) is 10.5. The highest BCUT2D eigenvalue weighted by Gasteiger charge is 2.13. The molecule has 1 aromatic rings. The van der Waals surface area contributed by atoms with Crippen LogP contribution in [-0.4, -0.2) is 20.0 Å². The summed E-state index contributed by atoms with van der Waals surface area (Å²) in [6, 6.07) is 5.31. The maximum absolute atomic E-state index is 12.1. The molecular formula is C15H22O3. The SMILES string of the molecule is COc1ccc(OC)c(C(=O)CCCC(C)C)c1. The number of benzene rings is 1. The van der Waals surface area contributed by atoms with Crippen LogP contribution in [-0.2, 0) is 0 Å². The molecule has 3 heteroatoms. The second kappa shape index (κ2) is 7.04. The molecular weight excluding hydrogens is 228 g/mol. The molecule has 1 aromatic carbocycles. The largest absolute Gasteiger partial charge is 0.497 e. The minimum Gasteiger partial charge on any atom is -0.497 e. The lowest BCUT2D eigenvalue weighted by Crippen LogP contribution is -2.03. The molecule has 0 aromatic heterocycles. The van der Waals surface area contributed by atoms with E-state index in [1.54, 1.807) is 32.4 Å². The van der Waals surface area contributed by atoms with Gasteiger partial charge in [0.1, 0.15) is 11.5 Å². The number of methoxy groups -OCH3 is 2. The van der Waals surface area contributed by atoms with Crippen LogP contribution in [0.1, 0.15) is 43.5 Å². The summed E-state index contributed by atoms with van der Waals surface area (Å²) in [4.78, 5) is 12.1. The maximum atomic E-state index is 12.1. The second-order valence-corrected chi connectivity index (χ2v) is 4.78. The first kappa shape index (κ1) is 14.6. The van der Waals surface area contributed by atoms with Crippen LogP contribution in [0, 0.1) is 5.92 Å². The van der Waals surface area contributed by atoms with E-state index < -0.39 is 0 Å². The highest BCUT2D eigenvalue weighted by molar-refractivity contribution is 5.99. The lowest BCUT2D eigenvalue weighted by Gasteiger charge is -2.10. The first-order valence-corrected chi connectivity index (χ1v) is 6.33. The fraction of sp³-hybridized carbons (Fsp3) is 0.533. The van der Waals surface area contributed by atoms with Gasteiger partial charge in [0.25, 0.3) is 0 Å². The third kappa shape index (κ3) is 4.06. The number of ketones is 1. The Bertz CT molecular complexity index is 397. The van der Waals surface area contributed by atoms with Crippen LogP contribution >= 0.6 is 0 Å². The van der Waals surface area contributed by atoms with Crippen molar-refractivity contribution in [3.63, 3.8) is 0 Å². The van der Waals surface area contributed by atoms with Gasteiger partial charge in [-0.05, 0) is 30.5 Å². The van der Waals surface area contributed by atoms with Crippen molar-refractivity contribution < 1.29 is 14.3 Å². The Hall–Kier alpha value is -1.51. The van der Waals surface area contributed by atoms with Gasteiger partial charge in [0.2, 0.25) is 0 Å². The molecule has 0 atom stereocenters. The van der Waals surface area contributed by atoms with Gasteiger partial charge in [-0.25, -0.2) is 0 Å². The Balaban J connectivity index is 2.76. The predicted octanol–water partition coefficient (Wildman–Crippen LogP) is 3.71. The number of carbonyl (C=O) groups is 1. The standard InChI is InChI=1S/C15H22O3/c1-11(2)6-5-7-14(16)13-10-12(17-3)8-9-15(13)18-4/h8-11H,5-7H2,1-4H3. The van der Waals surface area contributed by atoms with E-state index in [0.29, 0.717) is 29.4 Å². The average molecular weight is 250 g/mol. The van der Waals surface area contributed by atoms with E-state index in [1.807, 2.05) is 0 Å². The molecule has 18 heavy (non-hydrogen) atoms. The molecule has 0 heterocycles. The molecule has 0 spiro atoms. The van der Waals surface area contributed by atoms with Crippen molar-refractivity contribution in [2.75, 3.05) is 14.2 Å². The Kier molecular flexibility index (Phi) is 5.69. The Morgan fingerprint density at radius 1 is 1.22 bits per heavy atom. The molecule has 0 amide bonds. The van der Waals surface area contributed by atoms with Crippen LogP contribution < -0.4 is 9.47 Å². The summed E-state index contributed by atoms with van der Waals surface area (Å²) in [6.45, 7) is 4.33. The van der Waals surface area contributed by atoms with E-state index in [-0.39, 0.29) is 5.78 Å². The Labute approximate surface area is 109 Å². The Morgan fingerprint density at radius 3 is 2.50 bits per heavy atom. The van der Waals surface area contributed by atoms with Gasteiger partial charge in [-0.1, -0.05) is 20.3 Å². The molecule has 3 nitrogen and oxygen atoms in total. The Morgan fingerprint density at radius 2 is 1.94 bits per heavy atom. The van der Waals surface area contributed by atoms with Crippen LogP contribution in [0.2, 0.25) is 0 Å². The van der Waals surface area contributed by atoms with Crippen molar-refractivity contribution in [1.29, 1.82) is 0 Å². The summed E-state index contributed by atoms with van der Waals surface area (Å²) in [7, 11) is 3.17. The molecule has 1 rings (SSSR count). The van der Waals surface area contributed by atoms with Crippen molar-refractivity contribution >= 4 is 5.78 Å². The topological polar surface area (TPSA) is 35.5 Å². The van der Waals surface area contributed by atoms with E-state index in [4.69, 9.17) is 9.47 Å². The number of carbonyl (C=O) groups excluding carboxylic acids is 1. The fourth-order valence-corrected chi connectivity index (χ4v) is 1.84. The average Bonchev–Trinajstić information content (AvgIpc) is 2.37. The van der Waals surface area contributed by atoms with E-state index >= 15 is 0 Å². The molecule has 0 saturated carbocycles. The monoisotopic (exact) mass is 250 g/mol. The van der Waals surface area contributed by atoms with Crippen LogP contribution in [0.4, 0.5) is 0 Å². The molecule has 0 bridgehead atoms. The van der Waals surface area contributed by atoms with E-state index in [2.05, 4.69) is 13.8 Å². The fourth-order valence-electron chi connectivity index (χ4n) is 1.84. The molecule has 0 unspecified atom stereocenters. The number of ether oxygens (including phenoxy) is 2. The summed E-state index contributed by atoms with van der Waals surface area (Å²) < 4.78 is 10.4. The highest BCUT2D eigenvalue weighted by Crippen LogP contribution is 2.25. The van der Waals surface area contributed by atoms with Gasteiger partial charge in [-0.15, -0.1) is 0 Å². The molecule has 0 aliphatic carbocycles. The van der Waals surface area contributed by atoms with E-state index in [1.165, 1.54) is 0 Å². The number of hydrogen-bond donors (Lipinski definition) is 0. The van der Waals surface area contributed by atoms with Crippen molar-refractivity contribution in [2.24, 2.45) is 5.92 Å². The zero-order chi connectivity index (χ0) is 13.5. The van der Waals surface area contributed by atoms with Gasteiger partial charge in [0, 0.05) is 6.42 Å². The second-order valence-electron chi connectivity index (χ2n) is 4.78. The van der Waals surface area contributed by atoms with Crippen LogP contribution in [0.25, 0.3) is 0 Å². The molecule has 0 N–H and O–H groups in total. The predicted molar refractivity (Wildman–Crippen MR) is 72.6 cm³/mol. The molecule has 100 valence electrons. The van der Waals surface area contributed by atoms with Gasteiger partial charge in [-0.3, -0.25) is 4.79 Å². The first-order chi connectivity index (χ1) is 8.58. The minimum absolute atomic E-state index is 0.117. The summed E-state index contributed by atoms with van der Waals surface area (Å²) in [5.74, 6) is 2.05. The third-order valence-corrected chi connectivity index (χ3v) is 2.89. The molecule has 0 saturated heterocycles. The van der Waals surface area contributed by atoms with Gasteiger partial charge < -0.3 is 9.47 Å². The smallest absolute Gasteiger partial charge is 0.166 e. The zero-order valence-electron chi connectivity index (χ0n) is 11.7.